The van der Waals surface area contributed by atoms with Gasteiger partial charge in [-0.15, -0.1) is 13.2 Å². The minimum atomic E-state index is -4.92. The zero-order valence-electron chi connectivity index (χ0n) is 17.2. The Morgan fingerprint density at radius 2 is 1.77 bits per heavy atom. The van der Waals surface area contributed by atoms with Gasteiger partial charge < -0.3 is 15.4 Å². The van der Waals surface area contributed by atoms with E-state index in [1.807, 2.05) is 0 Å². The Labute approximate surface area is 179 Å². The van der Waals surface area contributed by atoms with Crippen LogP contribution < -0.4 is 15.4 Å². The lowest BCUT2D eigenvalue weighted by Crippen LogP contribution is -2.44. The fourth-order valence-corrected chi connectivity index (χ4v) is 4.56. The van der Waals surface area contributed by atoms with Gasteiger partial charge in [0.1, 0.15) is 5.75 Å². The van der Waals surface area contributed by atoms with E-state index in [9.17, 15) is 31.2 Å². The van der Waals surface area contributed by atoms with Gasteiger partial charge in [-0.3, -0.25) is 9.59 Å². The summed E-state index contributed by atoms with van der Waals surface area (Å²) in [6.45, 7) is 4.21. The number of ether oxygens (including phenoxy) is 1. The van der Waals surface area contributed by atoms with Crippen molar-refractivity contribution >= 4 is 21.8 Å². The number of nitrogens with zero attached hydrogens (tertiary/aromatic N) is 1. The Balaban J connectivity index is 1.88. The predicted octanol–water partition coefficient (Wildman–Crippen LogP) is 1.87. The second-order valence-corrected chi connectivity index (χ2v) is 9.38. The number of carbonyl (C=O) groups excluding carboxylic acids is 2. The molecule has 0 aromatic heterocycles. The molecule has 0 atom stereocenters. The Hall–Kier alpha value is -2.34. The van der Waals surface area contributed by atoms with Gasteiger partial charge >= 0.3 is 6.36 Å². The van der Waals surface area contributed by atoms with Crippen LogP contribution in [0.2, 0.25) is 0 Å². The molecule has 1 aliphatic heterocycles. The quantitative estimate of drug-likeness (QED) is 0.571. The highest BCUT2D eigenvalue weighted by molar-refractivity contribution is 7.89. The van der Waals surface area contributed by atoms with Crippen molar-refractivity contribution in [2.45, 2.75) is 37.9 Å². The van der Waals surface area contributed by atoms with Gasteiger partial charge in [0.25, 0.3) is 0 Å². The van der Waals surface area contributed by atoms with Crippen LogP contribution in [0.5, 0.6) is 5.75 Å². The molecule has 1 aliphatic rings. The van der Waals surface area contributed by atoms with Crippen molar-refractivity contribution < 1.29 is 35.9 Å². The maximum absolute atomic E-state index is 12.8. The Morgan fingerprint density at radius 3 is 2.35 bits per heavy atom. The molecule has 31 heavy (non-hydrogen) atoms. The molecular weight excluding hydrogens is 439 g/mol. The van der Waals surface area contributed by atoms with Crippen molar-refractivity contribution in [3.05, 3.63) is 24.3 Å². The van der Waals surface area contributed by atoms with Crippen LogP contribution in [0.3, 0.4) is 0 Å². The van der Waals surface area contributed by atoms with E-state index in [1.165, 1.54) is 12.1 Å². The largest absolute Gasteiger partial charge is 0.573 e. The number of benzene rings is 1. The number of halogens is 3. The predicted molar refractivity (Wildman–Crippen MR) is 105 cm³/mol. The molecule has 0 aliphatic carbocycles. The number of alkyl halides is 3. The maximum atomic E-state index is 12.8. The molecule has 0 spiro atoms. The van der Waals surface area contributed by atoms with E-state index in [2.05, 4.69) is 15.4 Å². The second-order valence-electron chi connectivity index (χ2n) is 7.44. The van der Waals surface area contributed by atoms with E-state index in [0.29, 0.717) is 6.54 Å². The van der Waals surface area contributed by atoms with E-state index in [4.69, 9.17) is 0 Å². The molecule has 0 saturated carbocycles. The van der Waals surface area contributed by atoms with Crippen molar-refractivity contribution in [2.75, 3.05) is 26.2 Å². The van der Waals surface area contributed by atoms with Gasteiger partial charge in [0.05, 0.1) is 4.90 Å². The molecular formula is C19H26F3N3O5S. The molecule has 0 bridgehead atoms. The van der Waals surface area contributed by atoms with E-state index >= 15 is 0 Å². The summed E-state index contributed by atoms with van der Waals surface area (Å²) in [5.41, 5.74) is 0. The minimum Gasteiger partial charge on any atom is -0.406 e. The summed E-state index contributed by atoms with van der Waals surface area (Å²) >= 11 is 0. The number of nitrogens with one attached hydrogen (secondary N) is 2. The SMILES string of the molecule is CC(C)C(=O)NCCNC(=O)C1CCN(S(=O)(=O)c2cccc(OC(F)(F)F)c2)CC1. The van der Waals surface area contributed by atoms with E-state index in [1.54, 1.807) is 13.8 Å². The summed E-state index contributed by atoms with van der Waals surface area (Å²) in [5, 5.41) is 5.40. The van der Waals surface area contributed by atoms with Gasteiger partial charge in [-0.2, -0.15) is 4.31 Å². The molecule has 1 aromatic rings. The smallest absolute Gasteiger partial charge is 0.406 e. The molecule has 12 heteroatoms. The Bertz CT molecular complexity index is 882. The molecule has 8 nitrogen and oxygen atoms in total. The van der Waals surface area contributed by atoms with E-state index in [0.717, 1.165) is 16.4 Å². The van der Waals surface area contributed by atoms with Crippen molar-refractivity contribution in [3.63, 3.8) is 0 Å². The first-order valence-corrected chi connectivity index (χ1v) is 11.3. The second kappa shape index (κ2) is 10.3. The van der Waals surface area contributed by atoms with Crippen LogP contribution in [0.4, 0.5) is 13.2 Å². The maximum Gasteiger partial charge on any atom is 0.573 e. The average molecular weight is 465 g/mol. The van der Waals surface area contributed by atoms with Crippen LogP contribution in [0.15, 0.2) is 29.2 Å². The lowest BCUT2D eigenvalue weighted by Gasteiger charge is -2.30. The lowest BCUT2D eigenvalue weighted by atomic mass is 9.97. The molecule has 174 valence electrons. The molecule has 1 aromatic carbocycles. The van der Waals surface area contributed by atoms with Gasteiger partial charge in [-0.05, 0) is 25.0 Å². The van der Waals surface area contributed by atoms with Crippen molar-refractivity contribution in [2.24, 2.45) is 11.8 Å². The fraction of sp³-hybridized carbons (Fsp3) is 0.579. The van der Waals surface area contributed by atoms with Crippen LogP contribution in [0.25, 0.3) is 0 Å². The highest BCUT2D eigenvalue weighted by atomic mass is 32.2. The molecule has 1 fully saturated rings. The highest BCUT2D eigenvalue weighted by Crippen LogP contribution is 2.28. The summed E-state index contributed by atoms with van der Waals surface area (Å²) in [5.74, 6) is -1.49. The zero-order chi connectivity index (χ0) is 23.2. The number of amides is 2. The number of carbonyl (C=O) groups is 2. The number of sulfonamides is 1. The van der Waals surface area contributed by atoms with Gasteiger partial charge in [0, 0.05) is 44.1 Å². The zero-order valence-corrected chi connectivity index (χ0v) is 18.1. The molecule has 1 heterocycles. The number of rotatable bonds is 8. The first kappa shape index (κ1) is 24.9. The molecule has 2 rings (SSSR count). The fourth-order valence-electron chi connectivity index (χ4n) is 3.06. The normalized spacial score (nSPS) is 16.2. The topological polar surface area (TPSA) is 105 Å². The van der Waals surface area contributed by atoms with Crippen molar-refractivity contribution in [1.82, 2.24) is 14.9 Å². The van der Waals surface area contributed by atoms with E-state index < -0.39 is 22.1 Å². The van der Waals surface area contributed by atoms with Gasteiger partial charge in [0.2, 0.25) is 21.8 Å². The van der Waals surface area contributed by atoms with E-state index in [-0.39, 0.29) is 61.0 Å². The summed E-state index contributed by atoms with van der Waals surface area (Å²) in [7, 11) is -4.02. The van der Waals surface area contributed by atoms with Gasteiger partial charge in [-0.1, -0.05) is 19.9 Å². The third-order valence-electron chi connectivity index (χ3n) is 4.75. The number of hydrogen-bond acceptors (Lipinski definition) is 5. The standard InChI is InChI=1S/C19H26F3N3O5S/c1-13(2)17(26)23-8-9-24-18(27)14-6-10-25(11-7-14)31(28,29)16-5-3-4-15(12-16)30-19(20,21)22/h3-5,12-14H,6-11H2,1-2H3,(H,23,26)(H,24,27). The summed E-state index contributed by atoms with van der Waals surface area (Å²) in [6, 6.07) is 4.22. The monoisotopic (exact) mass is 465 g/mol. The van der Waals surface area contributed by atoms with Crippen LogP contribution in [0, 0.1) is 11.8 Å². The van der Waals surface area contributed by atoms with Crippen LogP contribution >= 0.6 is 0 Å². The lowest BCUT2D eigenvalue weighted by molar-refractivity contribution is -0.274. The van der Waals surface area contributed by atoms with Crippen LogP contribution in [-0.2, 0) is 19.6 Å². The first-order valence-electron chi connectivity index (χ1n) is 9.81. The number of piperidine rings is 1. The molecule has 0 unspecified atom stereocenters. The third kappa shape index (κ3) is 7.39. The Morgan fingerprint density at radius 1 is 1.16 bits per heavy atom. The van der Waals surface area contributed by atoms with Crippen molar-refractivity contribution in [1.29, 1.82) is 0 Å². The highest BCUT2D eigenvalue weighted by Gasteiger charge is 2.34. The first-order chi connectivity index (χ1) is 14.4. The summed E-state index contributed by atoms with van der Waals surface area (Å²) < 4.78 is 67.6. The van der Waals surface area contributed by atoms with Crippen molar-refractivity contribution in [3.8, 4) is 5.75 Å². The van der Waals surface area contributed by atoms with Gasteiger partial charge in [0.15, 0.2) is 0 Å². The number of hydrogen-bond donors (Lipinski definition) is 2. The summed E-state index contributed by atoms with van der Waals surface area (Å²) in [6.07, 6.45) is -4.37. The third-order valence-corrected chi connectivity index (χ3v) is 6.64. The van der Waals surface area contributed by atoms with Crippen LogP contribution in [-0.4, -0.2) is 57.1 Å². The molecule has 0 radical (unpaired) electrons. The summed E-state index contributed by atoms with van der Waals surface area (Å²) in [4.78, 5) is 23.4. The Kier molecular flexibility index (Phi) is 8.29. The average Bonchev–Trinajstić information content (AvgIpc) is 2.69. The van der Waals surface area contributed by atoms with Gasteiger partial charge in [-0.25, -0.2) is 8.42 Å². The molecule has 1 saturated heterocycles. The van der Waals surface area contributed by atoms with Crippen LogP contribution in [0.1, 0.15) is 26.7 Å². The minimum absolute atomic E-state index is 0.0643. The molecule has 2 amide bonds. The molecule has 2 N–H and O–H groups in total.